The lowest BCUT2D eigenvalue weighted by molar-refractivity contribution is 1.08. The van der Waals surface area contributed by atoms with Crippen molar-refractivity contribution in [3.05, 3.63) is 188 Å². The van der Waals surface area contributed by atoms with Gasteiger partial charge >= 0.3 is 0 Å². The first-order chi connectivity index (χ1) is 30.2. The highest BCUT2D eigenvalue weighted by atomic mass is 32.1. The van der Waals surface area contributed by atoms with Gasteiger partial charge in [-0.2, -0.15) is 0 Å². The third-order valence-corrected chi connectivity index (χ3v) is 15.5. The summed E-state index contributed by atoms with van der Waals surface area (Å²) in [7, 11) is 0. The lowest BCUT2D eigenvalue weighted by Gasteiger charge is -2.11. The molecule has 0 saturated carbocycles. The number of hydrogen-bond acceptors (Lipinski definition) is 6. The van der Waals surface area contributed by atoms with Gasteiger partial charge < -0.3 is 0 Å². The number of fused-ring (bicyclic) bond motifs is 11. The number of thiophene rings is 3. The van der Waals surface area contributed by atoms with Gasteiger partial charge in [-0.25, -0.2) is 15.0 Å². The second-order valence-electron chi connectivity index (χ2n) is 15.5. The van der Waals surface area contributed by atoms with Crippen LogP contribution >= 0.6 is 34.0 Å². The molecule has 0 spiro atoms. The maximum Gasteiger partial charge on any atom is 0.165 e. The van der Waals surface area contributed by atoms with Crippen LogP contribution in [-0.2, 0) is 0 Å². The maximum absolute atomic E-state index is 5.43. The quantitative estimate of drug-likeness (QED) is 0.173. The molecule has 0 atom stereocenters. The van der Waals surface area contributed by atoms with Crippen molar-refractivity contribution in [2.75, 3.05) is 0 Å². The minimum atomic E-state index is 0.665. The lowest BCUT2D eigenvalue weighted by atomic mass is 9.98. The highest BCUT2D eigenvalue weighted by molar-refractivity contribution is 7.27. The number of rotatable bonds is 5. The van der Waals surface area contributed by atoms with Crippen molar-refractivity contribution >= 4 is 105 Å². The molecule has 13 aromatic rings. The van der Waals surface area contributed by atoms with Gasteiger partial charge in [-0.05, 0) is 69.4 Å². The molecule has 0 aliphatic heterocycles. The van der Waals surface area contributed by atoms with E-state index in [9.17, 15) is 0 Å². The molecule has 0 fully saturated rings. The van der Waals surface area contributed by atoms with Crippen LogP contribution in [0.25, 0.3) is 128 Å². The van der Waals surface area contributed by atoms with Crippen LogP contribution in [0.1, 0.15) is 0 Å². The molecule has 61 heavy (non-hydrogen) atoms. The monoisotopic (exact) mass is 829 g/mol. The van der Waals surface area contributed by atoms with Crippen molar-refractivity contribution in [1.82, 2.24) is 15.0 Å². The topological polar surface area (TPSA) is 38.7 Å². The fourth-order valence-electron chi connectivity index (χ4n) is 8.99. The van der Waals surface area contributed by atoms with E-state index in [-0.39, 0.29) is 0 Å². The van der Waals surface area contributed by atoms with Gasteiger partial charge in [0.25, 0.3) is 0 Å². The first-order valence-electron chi connectivity index (χ1n) is 20.3. The molecular weight excluding hydrogens is 799 g/mol. The van der Waals surface area contributed by atoms with E-state index in [0.717, 1.165) is 16.7 Å². The predicted molar refractivity (Wildman–Crippen MR) is 263 cm³/mol. The van der Waals surface area contributed by atoms with Crippen LogP contribution in [-0.4, -0.2) is 15.0 Å². The van der Waals surface area contributed by atoms with Crippen molar-refractivity contribution in [3.63, 3.8) is 0 Å². The van der Waals surface area contributed by atoms with E-state index in [4.69, 9.17) is 15.0 Å². The Morgan fingerprint density at radius 3 is 1.74 bits per heavy atom. The van der Waals surface area contributed by atoms with Crippen LogP contribution in [0.4, 0.5) is 0 Å². The van der Waals surface area contributed by atoms with Crippen LogP contribution in [0.2, 0.25) is 0 Å². The third-order valence-electron chi connectivity index (χ3n) is 12.0. The lowest BCUT2D eigenvalue weighted by Crippen LogP contribution is -2.00. The molecule has 4 aromatic heterocycles. The average Bonchev–Trinajstić information content (AvgIpc) is 4.03. The number of aromatic nitrogens is 3. The Balaban J connectivity index is 1.02. The number of hydrogen-bond donors (Lipinski definition) is 0. The molecule has 9 aromatic carbocycles. The molecule has 0 radical (unpaired) electrons. The van der Waals surface area contributed by atoms with E-state index >= 15 is 0 Å². The Morgan fingerprint density at radius 1 is 0.279 bits per heavy atom. The fraction of sp³-hybridized carbons (Fsp3) is 0. The van der Waals surface area contributed by atoms with Crippen LogP contribution in [0, 0.1) is 0 Å². The molecule has 0 aliphatic carbocycles. The summed E-state index contributed by atoms with van der Waals surface area (Å²) in [5.41, 5.74) is 7.78. The smallest absolute Gasteiger partial charge is 0.165 e. The van der Waals surface area contributed by atoms with Gasteiger partial charge in [0.2, 0.25) is 0 Å². The van der Waals surface area contributed by atoms with Crippen LogP contribution in [0.15, 0.2) is 188 Å². The summed E-state index contributed by atoms with van der Waals surface area (Å²) in [4.78, 5) is 16.1. The van der Waals surface area contributed by atoms with E-state index in [0.29, 0.717) is 17.5 Å². The molecule has 0 N–H and O–H groups in total. The standard InChI is InChI=1S/C55H31N3S3/c1-2-10-32(11-3-1)33-20-22-34(23-21-33)36-26-29-47-45(30-36)50-43(16-9-19-48(50)59-47)54-56-53(37-25-27-40-39-14-6-7-18-46(39)60-49(40)31-37)57-55(58-54)44-17-8-15-41-42-28-24-35-12-4-5-13-38(35)51(42)61-52(41)44/h1-31H. The molecule has 0 bridgehead atoms. The Hall–Kier alpha value is -7.09. The Labute approximate surface area is 362 Å². The van der Waals surface area contributed by atoms with Gasteiger partial charge in [0, 0.05) is 77.2 Å². The Bertz CT molecular complexity index is 3880. The van der Waals surface area contributed by atoms with Gasteiger partial charge in [0.15, 0.2) is 17.5 Å². The maximum atomic E-state index is 5.43. The zero-order valence-electron chi connectivity index (χ0n) is 32.5. The summed E-state index contributed by atoms with van der Waals surface area (Å²) in [6.07, 6.45) is 0. The molecule has 3 nitrogen and oxygen atoms in total. The SMILES string of the molecule is c1ccc(-c2ccc(-c3ccc4sc5cccc(-c6nc(-c7ccc8c(c7)sc7ccccc78)nc(-c7cccc8c7sc7c9ccccc9ccc87)n6)c5c4c3)cc2)cc1. The molecule has 4 heterocycles. The first kappa shape index (κ1) is 34.7. The Morgan fingerprint density at radius 2 is 0.852 bits per heavy atom. The van der Waals surface area contributed by atoms with Gasteiger partial charge in [0.05, 0.1) is 0 Å². The molecule has 0 saturated heterocycles. The number of benzene rings is 9. The molecule has 0 unspecified atom stereocenters. The van der Waals surface area contributed by atoms with Crippen molar-refractivity contribution < 1.29 is 0 Å². The van der Waals surface area contributed by atoms with Gasteiger partial charge in [-0.3, -0.25) is 0 Å². The summed E-state index contributed by atoms with van der Waals surface area (Å²) < 4.78 is 7.40. The van der Waals surface area contributed by atoms with E-state index in [2.05, 4.69) is 188 Å². The van der Waals surface area contributed by atoms with Crippen molar-refractivity contribution in [3.8, 4) is 56.4 Å². The zero-order valence-corrected chi connectivity index (χ0v) is 34.9. The van der Waals surface area contributed by atoms with Crippen molar-refractivity contribution in [1.29, 1.82) is 0 Å². The van der Waals surface area contributed by atoms with Gasteiger partial charge in [0.1, 0.15) is 0 Å². The van der Waals surface area contributed by atoms with Crippen LogP contribution < -0.4 is 0 Å². The second kappa shape index (κ2) is 13.7. The van der Waals surface area contributed by atoms with Crippen LogP contribution in [0.5, 0.6) is 0 Å². The summed E-state index contributed by atoms with van der Waals surface area (Å²) in [6, 6.07) is 67.8. The van der Waals surface area contributed by atoms with E-state index in [1.54, 1.807) is 0 Å². The molecule has 284 valence electrons. The average molecular weight is 830 g/mol. The van der Waals surface area contributed by atoms with Crippen molar-refractivity contribution in [2.45, 2.75) is 0 Å². The highest BCUT2D eigenvalue weighted by Crippen LogP contribution is 2.45. The minimum Gasteiger partial charge on any atom is -0.208 e. The van der Waals surface area contributed by atoms with E-state index < -0.39 is 0 Å². The Kier molecular flexibility index (Phi) is 7.82. The second-order valence-corrected chi connectivity index (χ2v) is 18.7. The summed E-state index contributed by atoms with van der Waals surface area (Å²) in [5.74, 6) is 2.01. The molecular formula is C55H31N3S3. The molecule has 6 heteroatoms. The van der Waals surface area contributed by atoms with Gasteiger partial charge in [-0.15, -0.1) is 34.0 Å². The molecule has 13 rings (SSSR count). The predicted octanol–water partition coefficient (Wildman–Crippen LogP) is 16.5. The number of nitrogens with zero attached hydrogens (tertiary/aromatic N) is 3. The molecule has 0 aliphatic rings. The van der Waals surface area contributed by atoms with Crippen LogP contribution in [0.3, 0.4) is 0 Å². The summed E-state index contributed by atoms with van der Waals surface area (Å²) in [5, 5.41) is 9.88. The largest absolute Gasteiger partial charge is 0.208 e. The normalized spacial score (nSPS) is 11.9. The summed E-state index contributed by atoms with van der Waals surface area (Å²) in [6.45, 7) is 0. The van der Waals surface area contributed by atoms with Crippen molar-refractivity contribution in [2.24, 2.45) is 0 Å². The highest BCUT2D eigenvalue weighted by Gasteiger charge is 2.21. The van der Waals surface area contributed by atoms with Gasteiger partial charge in [-0.1, -0.05) is 152 Å². The first-order valence-corrected chi connectivity index (χ1v) is 22.8. The molecule has 0 amide bonds. The fourth-order valence-corrected chi connectivity index (χ4v) is 12.6. The zero-order chi connectivity index (χ0) is 40.0. The van der Waals surface area contributed by atoms with E-state index in [1.165, 1.54) is 93.5 Å². The summed E-state index contributed by atoms with van der Waals surface area (Å²) >= 11 is 5.46. The minimum absolute atomic E-state index is 0.665. The van der Waals surface area contributed by atoms with E-state index in [1.807, 2.05) is 34.0 Å². The third kappa shape index (κ3) is 5.64.